The quantitative estimate of drug-likeness (QED) is 0.686. The van der Waals surface area contributed by atoms with Crippen LogP contribution in [0.2, 0.25) is 0 Å². The molecule has 0 saturated carbocycles. The highest BCUT2D eigenvalue weighted by atomic mass is 16.1. The van der Waals surface area contributed by atoms with Crippen LogP contribution in [0.1, 0.15) is 16.8 Å². The summed E-state index contributed by atoms with van der Waals surface area (Å²) in [5.41, 5.74) is 7.64. The molecule has 0 aliphatic rings. The maximum absolute atomic E-state index is 12.3. The van der Waals surface area contributed by atoms with Crippen LogP contribution in [0.25, 0.3) is 5.78 Å². The first-order valence-corrected chi connectivity index (χ1v) is 5.78. The van der Waals surface area contributed by atoms with Crippen LogP contribution < -0.4 is 11.3 Å². The molecule has 0 fully saturated rings. The molecule has 3 rings (SSSR count). The van der Waals surface area contributed by atoms with Crippen molar-refractivity contribution < 1.29 is 0 Å². The molecule has 7 heteroatoms. The van der Waals surface area contributed by atoms with Crippen LogP contribution >= 0.6 is 0 Å². The first-order valence-electron chi connectivity index (χ1n) is 5.78. The average Bonchev–Trinajstić information content (AvgIpc) is 2.76. The highest BCUT2D eigenvalue weighted by molar-refractivity contribution is 5.37. The van der Waals surface area contributed by atoms with E-state index in [0.29, 0.717) is 23.5 Å². The van der Waals surface area contributed by atoms with Gasteiger partial charge in [0.25, 0.3) is 11.3 Å². The highest BCUT2D eigenvalue weighted by Crippen LogP contribution is 2.09. The van der Waals surface area contributed by atoms with Gasteiger partial charge < -0.3 is 5.73 Å². The summed E-state index contributed by atoms with van der Waals surface area (Å²) in [6.07, 6.45) is 3.90. The Labute approximate surface area is 108 Å². The van der Waals surface area contributed by atoms with Crippen molar-refractivity contribution in [1.29, 1.82) is 0 Å². The highest BCUT2D eigenvalue weighted by Gasteiger charge is 2.12. The lowest BCUT2D eigenvalue weighted by Gasteiger charge is -2.04. The van der Waals surface area contributed by atoms with Gasteiger partial charge >= 0.3 is 0 Å². The fourth-order valence-electron chi connectivity index (χ4n) is 1.98. The van der Waals surface area contributed by atoms with Gasteiger partial charge in [-0.25, -0.2) is 4.98 Å². The van der Waals surface area contributed by atoms with Crippen LogP contribution in [-0.2, 0) is 6.42 Å². The molecule has 96 valence electrons. The first kappa shape index (κ1) is 11.4. The van der Waals surface area contributed by atoms with E-state index in [1.807, 2.05) is 12.1 Å². The molecule has 0 aromatic carbocycles. The summed E-state index contributed by atoms with van der Waals surface area (Å²) >= 11 is 0. The van der Waals surface area contributed by atoms with Gasteiger partial charge in [0.2, 0.25) is 5.95 Å². The zero-order valence-corrected chi connectivity index (χ0v) is 10.3. The number of hydrogen-bond donors (Lipinski definition) is 2. The number of aromatic nitrogens is 5. The number of fused-ring (bicyclic) bond motifs is 1. The summed E-state index contributed by atoms with van der Waals surface area (Å²) in [5, 5.41) is 2.68. The van der Waals surface area contributed by atoms with Crippen LogP contribution in [0.3, 0.4) is 0 Å². The predicted octanol–water partition coefficient (Wildman–Crippen LogP) is 0.294. The van der Waals surface area contributed by atoms with E-state index in [0.717, 1.165) is 5.56 Å². The molecule has 3 heterocycles. The number of nitrogens with one attached hydrogen (secondary N) is 1. The summed E-state index contributed by atoms with van der Waals surface area (Å²) in [7, 11) is 0. The molecule has 7 nitrogen and oxygen atoms in total. The normalized spacial score (nSPS) is 11.0. The Morgan fingerprint density at radius 2 is 2.05 bits per heavy atom. The Kier molecular flexibility index (Phi) is 2.52. The van der Waals surface area contributed by atoms with E-state index in [-0.39, 0.29) is 11.5 Å². The fourth-order valence-corrected chi connectivity index (χ4v) is 1.98. The van der Waals surface area contributed by atoms with Gasteiger partial charge in [0.1, 0.15) is 0 Å². The molecule has 0 bridgehead atoms. The van der Waals surface area contributed by atoms with E-state index in [4.69, 9.17) is 5.73 Å². The summed E-state index contributed by atoms with van der Waals surface area (Å²) in [4.78, 5) is 24.5. The lowest BCUT2D eigenvalue weighted by atomic mass is 10.1. The summed E-state index contributed by atoms with van der Waals surface area (Å²) in [5.74, 6) is 0.462. The second-order valence-electron chi connectivity index (χ2n) is 4.26. The largest absolute Gasteiger partial charge is 0.368 e. The van der Waals surface area contributed by atoms with E-state index in [1.54, 1.807) is 19.3 Å². The molecule has 0 atom stereocenters. The molecule has 3 N–H and O–H groups in total. The monoisotopic (exact) mass is 256 g/mol. The third-order valence-electron chi connectivity index (χ3n) is 2.94. The molecule has 0 saturated heterocycles. The van der Waals surface area contributed by atoms with E-state index in [1.165, 1.54) is 4.52 Å². The van der Waals surface area contributed by atoms with Crippen molar-refractivity contribution in [2.24, 2.45) is 0 Å². The summed E-state index contributed by atoms with van der Waals surface area (Å²) in [6, 6.07) is 3.74. The van der Waals surface area contributed by atoms with Crippen LogP contribution in [0.5, 0.6) is 0 Å². The number of pyridine rings is 1. The van der Waals surface area contributed by atoms with Gasteiger partial charge in [-0.2, -0.15) is 9.50 Å². The molecular formula is C12H12N6O. The van der Waals surface area contributed by atoms with Crippen LogP contribution in [0.4, 0.5) is 5.95 Å². The van der Waals surface area contributed by atoms with Gasteiger partial charge in [-0.15, -0.1) is 0 Å². The van der Waals surface area contributed by atoms with Gasteiger partial charge in [-0.1, -0.05) is 0 Å². The van der Waals surface area contributed by atoms with E-state index in [2.05, 4.69) is 20.1 Å². The zero-order chi connectivity index (χ0) is 13.4. The fraction of sp³-hybridized carbons (Fsp3) is 0.167. The number of H-pyrrole nitrogens is 1. The van der Waals surface area contributed by atoms with Crippen LogP contribution in [0, 0.1) is 6.92 Å². The first-order chi connectivity index (χ1) is 9.15. The molecule has 0 radical (unpaired) electrons. The number of aromatic amines is 1. The Hall–Kier alpha value is -2.70. The van der Waals surface area contributed by atoms with Gasteiger partial charge in [0, 0.05) is 24.4 Å². The van der Waals surface area contributed by atoms with E-state index in [9.17, 15) is 4.79 Å². The number of nitrogens with two attached hydrogens (primary N) is 1. The number of anilines is 1. The Balaban J connectivity index is 2.16. The maximum atomic E-state index is 12.3. The third kappa shape index (κ3) is 1.95. The number of nitrogens with zero attached hydrogens (tertiary/aromatic N) is 4. The minimum absolute atomic E-state index is 0.171. The van der Waals surface area contributed by atoms with Crippen molar-refractivity contribution in [3.63, 3.8) is 0 Å². The summed E-state index contributed by atoms with van der Waals surface area (Å²) < 4.78 is 1.26. The molecule has 3 aromatic rings. The minimum atomic E-state index is -0.177. The van der Waals surface area contributed by atoms with E-state index < -0.39 is 0 Å². The SMILES string of the molecule is Cc1nc2nc(N)[nH]n2c(=O)c1Cc1ccncc1. The van der Waals surface area contributed by atoms with Crippen molar-refractivity contribution in [3.8, 4) is 0 Å². The summed E-state index contributed by atoms with van der Waals surface area (Å²) in [6.45, 7) is 1.79. The van der Waals surface area contributed by atoms with Crippen molar-refractivity contribution in [2.45, 2.75) is 13.3 Å². The average molecular weight is 256 g/mol. The molecule has 0 aliphatic carbocycles. The molecule has 0 spiro atoms. The Morgan fingerprint density at radius 3 is 2.79 bits per heavy atom. The molecule has 0 amide bonds. The van der Waals surface area contributed by atoms with Crippen LogP contribution in [-0.4, -0.2) is 24.6 Å². The van der Waals surface area contributed by atoms with Gasteiger partial charge in [0.15, 0.2) is 0 Å². The van der Waals surface area contributed by atoms with Crippen LogP contribution in [0.15, 0.2) is 29.3 Å². The van der Waals surface area contributed by atoms with Crippen molar-refractivity contribution in [1.82, 2.24) is 24.6 Å². The molecule has 0 unspecified atom stereocenters. The Morgan fingerprint density at radius 1 is 1.32 bits per heavy atom. The molecular weight excluding hydrogens is 244 g/mol. The van der Waals surface area contributed by atoms with E-state index >= 15 is 0 Å². The topological polar surface area (TPSA) is 102 Å². The zero-order valence-electron chi connectivity index (χ0n) is 10.3. The van der Waals surface area contributed by atoms with Gasteiger partial charge in [-0.05, 0) is 24.6 Å². The second kappa shape index (κ2) is 4.20. The number of nitrogen functional groups attached to an aromatic ring is 1. The molecule has 19 heavy (non-hydrogen) atoms. The van der Waals surface area contributed by atoms with Crippen molar-refractivity contribution in [2.75, 3.05) is 5.73 Å². The lowest BCUT2D eigenvalue weighted by molar-refractivity contribution is 0.861. The Bertz CT molecular complexity index is 789. The van der Waals surface area contributed by atoms with Gasteiger partial charge in [0.05, 0.1) is 5.69 Å². The number of hydrogen-bond acceptors (Lipinski definition) is 5. The molecule has 0 aliphatic heterocycles. The van der Waals surface area contributed by atoms with Crippen molar-refractivity contribution in [3.05, 3.63) is 51.7 Å². The number of aryl methyl sites for hydroxylation is 1. The second-order valence-corrected chi connectivity index (χ2v) is 4.26. The standard InChI is InChI=1S/C12H12N6O/c1-7-9(6-8-2-4-14-5-3-8)10(19)18-12(15-7)16-11(13)17-18/h2-5H,6H2,1H3,(H3,13,15,16,17). The third-order valence-corrected chi connectivity index (χ3v) is 2.94. The molecule has 3 aromatic heterocycles. The predicted molar refractivity (Wildman–Crippen MR) is 69.8 cm³/mol. The number of rotatable bonds is 2. The lowest BCUT2D eigenvalue weighted by Crippen LogP contribution is -2.22. The minimum Gasteiger partial charge on any atom is -0.368 e. The van der Waals surface area contributed by atoms with Crippen molar-refractivity contribution >= 4 is 11.7 Å². The van der Waals surface area contributed by atoms with Gasteiger partial charge in [-0.3, -0.25) is 14.9 Å². The maximum Gasteiger partial charge on any atom is 0.277 e. The smallest absolute Gasteiger partial charge is 0.277 e.